The first-order valence-corrected chi connectivity index (χ1v) is 8.69. The second kappa shape index (κ2) is 7.87. The molecule has 1 aromatic rings. The minimum atomic E-state index is -3.62. The molecule has 130 valence electrons. The number of nitrogens with two attached hydrogens (primary N) is 1. The number of carbonyl (C=O) groups excluding carboxylic acids is 1. The van der Waals surface area contributed by atoms with Gasteiger partial charge in [0.05, 0.1) is 11.5 Å². The molecule has 0 aliphatic carbocycles. The maximum absolute atomic E-state index is 12.5. The van der Waals surface area contributed by atoms with Crippen LogP contribution in [0.1, 0.15) is 19.4 Å². The van der Waals surface area contributed by atoms with Gasteiger partial charge in [0, 0.05) is 25.9 Å². The van der Waals surface area contributed by atoms with Crippen molar-refractivity contribution in [2.75, 3.05) is 26.1 Å². The molecule has 0 bridgehead atoms. The van der Waals surface area contributed by atoms with Crippen molar-refractivity contribution in [3.63, 3.8) is 0 Å². The molecule has 23 heavy (non-hydrogen) atoms. The summed E-state index contributed by atoms with van der Waals surface area (Å²) in [6, 6.07) is 3.63. The number of aryl methyl sites for hydroxylation is 1. The van der Waals surface area contributed by atoms with E-state index in [-0.39, 0.29) is 17.5 Å². The van der Waals surface area contributed by atoms with Gasteiger partial charge >= 0.3 is 0 Å². The molecule has 1 rings (SSSR count). The van der Waals surface area contributed by atoms with Gasteiger partial charge in [-0.25, -0.2) is 8.42 Å². The fourth-order valence-corrected chi connectivity index (χ4v) is 3.22. The standard InChI is InChI=1S/C15H25N3O4S/c1-10(2)18(4)23(20,21)12-7-6-11(3)14(8-12)17-15(19)13(16)9-22-5/h6-8,10,13H,9,16H2,1-5H3,(H,17,19). The van der Waals surface area contributed by atoms with Crippen molar-refractivity contribution in [3.05, 3.63) is 23.8 Å². The number of anilines is 1. The van der Waals surface area contributed by atoms with Crippen LogP contribution in [0, 0.1) is 6.92 Å². The lowest BCUT2D eigenvalue weighted by Crippen LogP contribution is -2.39. The highest BCUT2D eigenvalue weighted by atomic mass is 32.2. The molecule has 1 aromatic carbocycles. The molecule has 0 saturated heterocycles. The maximum atomic E-state index is 12.5. The lowest BCUT2D eigenvalue weighted by Gasteiger charge is -2.22. The van der Waals surface area contributed by atoms with Crippen molar-refractivity contribution < 1.29 is 17.9 Å². The molecule has 0 spiro atoms. The highest BCUT2D eigenvalue weighted by Gasteiger charge is 2.24. The van der Waals surface area contributed by atoms with E-state index in [2.05, 4.69) is 5.32 Å². The third-order valence-electron chi connectivity index (χ3n) is 3.55. The maximum Gasteiger partial charge on any atom is 0.243 e. The van der Waals surface area contributed by atoms with E-state index in [1.165, 1.54) is 30.6 Å². The van der Waals surface area contributed by atoms with E-state index in [4.69, 9.17) is 10.5 Å². The fourth-order valence-electron chi connectivity index (χ4n) is 1.82. The van der Waals surface area contributed by atoms with Crippen LogP contribution in [0.3, 0.4) is 0 Å². The summed E-state index contributed by atoms with van der Waals surface area (Å²) in [5, 5.41) is 2.65. The number of amides is 1. The van der Waals surface area contributed by atoms with Crippen LogP contribution in [0.25, 0.3) is 0 Å². The molecule has 8 heteroatoms. The van der Waals surface area contributed by atoms with Crippen molar-refractivity contribution in [2.24, 2.45) is 5.73 Å². The molecule has 0 radical (unpaired) electrons. The van der Waals surface area contributed by atoms with E-state index in [1.807, 2.05) is 0 Å². The first kappa shape index (κ1) is 19.6. The Morgan fingerprint density at radius 2 is 2.00 bits per heavy atom. The molecule has 0 heterocycles. The monoisotopic (exact) mass is 343 g/mol. The number of ether oxygens (including phenoxy) is 1. The molecule has 0 aliphatic heterocycles. The third kappa shape index (κ3) is 4.74. The van der Waals surface area contributed by atoms with Crippen LogP contribution in [0.2, 0.25) is 0 Å². The van der Waals surface area contributed by atoms with Gasteiger partial charge in [-0.2, -0.15) is 4.31 Å². The van der Waals surface area contributed by atoms with E-state index in [1.54, 1.807) is 26.8 Å². The Bertz CT molecular complexity index is 659. The summed E-state index contributed by atoms with van der Waals surface area (Å²) in [5.41, 5.74) is 6.83. The Hall–Kier alpha value is -1.48. The van der Waals surface area contributed by atoms with Crippen molar-refractivity contribution in [2.45, 2.75) is 37.8 Å². The molecule has 0 aliphatic rings. The topological polar surface area (TPSA) is 102 Å². The number of hydrogen-bond acceptors (Lipinski definition) is 5. The van der Waals surface area contributed by atoms with Gasteiger partial charge in [-0.05, 0) is 38.5 Å². The fraction of sp³-hybridized carbons (Fsp3) is 0.533. The lowest BCUT2D eigenvalue weighted by molar-refractivity contribution is -0.118. The number of methoxy groups -OCH3 is 1. The van der Waals surface area contributed by atoms with Gasteiger partial charge in [-0.3, -0.25) is 4.79 Å². The van der Waals surface area contributed by atoms with Crippen molar-refractivity contribution in [1.29, 1.82) is 0 Å². The highest BCUT2D eigenvalue weighted by molar-refractivity contribution is 7.89. The number of carbonyl (C=O) groups is 1. The normalized spacial score (nSPS) is 13.4. The second-order valence-corrected chi connectivity index (χ2v) is 7.64. The first-order chi connectivity index (χ1) is 10.6. The van der Waals surface area contributed by atoms with E-state index in [0.717, 1.165) is 5.56 Å². The average molecular weight is 343 g/mol. The zero-order valence-electron chi connectivity index (χ0n) is 14.2. The van der Waals surface area contributed by atoms with Gasteiger partial charge in [-0.15, -0.1) is 0 Å². The van der Waals surface area contributed by atoms with Crippen LogP contribution < -0.4 is 11.1 Å². The molecular formula is C15H25N3O4S. The predicted octanol–water partition coefficient (Wildman–Crippen LogP) is 0.936. The average Bonchev–Trinajstić information content (AvgIpc) is 2.48. The van der Waals surface area contributed by atoms with Gasteiger partial charge in [0.2, 0.25) is 15.9 Å². The Morgan fingerprint density at radius 1 is 1.39 bits per heavy atom. The third-order valence-corrected chi connectivity index (χ3v) is 5.58. The lowest BCUT2D eigenvalue weighted by atomic mass is 10.2. The van der Waals surface area contributed by atoms with Gasteiger partial charge in [0.1, 0.15) is 6.04 Å². The number of nitrogens with zero attached hydrogens (tertiary/aromatic N) is 1. The summed E-state index contributed by atoms with van der Waals surface area (Å²) < 4.78 is 31.2. The van der Waals surface area contributed by atoms with Crippen molar-refractivity contribution in [1.82, 2.24) is 4.31 Å². The summed E-state index contributed by atoms with van der Waals surface area (Å²) in [4.78, 5) is 12.1. The molecule has 0 saturated carbocycles. The smallest absolute Gasteiger partial charge is 0.243 e. The Kier molecular flexibility index (Phi) is 6.69. The minimum Gasteiger partial charge on any atom is -0.383 e. The molecule has 3 N–H and O–H groups in total. The van der Waals surface area contributed by atoms with Crippen molar-refractivity contribution >= 4 is 21.6 Å². The molecule has 0 aromatic heterocycles. The molecular weight excluding hydrogens is 318 g/mol. The van der Waals surface area contributed by atoms with Crippen LogP contribution in [0.4, 0.5) is 5.69 Å². The summed E-state index contributed by atoms with van der Waals surface area (Å²) in [6.07, 6.45) is 0. The van der Waals surface area contributed by atoms with E-state index < -0.39 is 22.0 Å². The number of hydrogen-bond donors (Lipinski definition) is 2. The minimum absolute atomic E-state index is 0.0823. The van der Waals surface area contributed by atoms with Gasteiger partial charge < -0.3 is 15.8 Å². The van der Waals surface area contributed by atoms with Crippen LogP contribution >= 0.6 is 0 Å². The van der Waals surface area contributed by atoms with Crippen molar-refractivity contribution in [3.8, 4) is 0 Å². The molecule has 1 atom stereocenters. The van der Waals surface area contributed by atoms with Crippen LogP contribution in [0.15, 0.2) is 23.1 Å². The zero-order valence-corrected chi connectivity index (χ0v) is 15.0. The van der Waals surface area contributed by atoms with Crippen LogP contribution in [0.5, 0.6) is 0 Å². The second-order valence-electron chi connectivity index (χ2n) is 5.64. The Morgan fingerprint density at radius 3 is 2.52 bits per heavy atom. The summed E-state index contributed by atoms with van der Waals surface area (Å²) in [5.74, 6) is -0.429. The number of rotatable bonds is 7. The SMILES string of the molecule is COCC(N)C(=O)Nc1cc(S(=O)(=O)N(C)C(C)C)ccc1C. The quantitative estimate of drug-likeness (QED) is 0.767. The molecule has 1 amide bonds. The number of benzene rings is 1. The summed E-state index contributed by atoms with van der Waals surface area (Å²) in [7, 11) is -0.645. The van der Waals surface area contributed by atoms with Crippen LogP contribution in [-0.4, -0.2) is 51.5 Å². The van der Waals surface area contributed by atoms with E-state index in [0.29, 0.717) is 5.69 Å². The van der Waals surface area contributed by atoms with Crippen LogP contribution in [-0.2, 0) is 19.6 Å². The predicted molar refractivity (Wildman–Crippen MR) is 89.7 cm³/mol. The molecule has 7 nitrogen and oxygen atoms in total. The summed E-state index contributed by atoms with van der Waals surface area (Å²) in [6.45, 7) is 5.44. The van der Waals surface area contributed by atoms with E-state index in [9.17, 15) is 13.2 Å². The van der Waals surface area contributed by atoms with Gasteiger partial charge in [0.15, 0.2) is 0 Å². The summed E-state index contributed by atoms with van der Waals surface area (Å²) >= 11 is 0. The van der Waals surface area contributed by atoms with Gasteiger partial charge in [-0.1, -0.05) is 6.07 Å². The number of sulfonamides is 1. The number of nitrogens with one attached hydrogen (secondary N) is 1. The highest BCUT2D eigenvalue weighted by Crippen LogP contribution is 2.23. The Labute approximate surface area is 137 Å². The Balaban J connectivity index is 3.12. The first-order valence-electron chi connectivity index (χ1n) is 7.25. The molecule has 0 fully saturated rings. The zero-order chi connectivity index (χ0) is 17.8. The van der Waals surface area contributed by atoms with E-state index >= 15 is 0 Å². The van der Waals surface area contributed by atoms with Gasteiger partial charge in [0.25, 0.3) is 0 Å². The molecule has 1 unspecified atom stereocenters. The largest absolute Gasteiger partial charge is 0.383 e.